The first-order valence-corrected chi connectivity index (χ1v) is 12.3. The average Bonchev–Trinajstić information content (AvgIpc) is 3.37. The fraction of sp³-hybridized carbons (Fsp3) is 0.214. The lowest BCUT2D eigenvalue weighted by Crippen LogP contribution is -2.29. The van der Waals surface area contributed by atoms with Crippen LogP contribution in [0.25, 0.3) is 5.76 Å². The van der Waals surface area contributed by atoms with Crippen molar-refractivity contribution < 1.29 is 29.3 Å². The largest absolute Gasteiger partial charge is 0.507 e. The summed E-state index contributed by atoms with van der Waals surface area (Å²) in [6.07, 6.45) is 0.709. The van der Waals surface area contributed by atoms with E-state index in [4.69, 9.17) is 9.47 Å². The van der Waals surface area contributed by atoms with Crippen LogP contribution in [0, 0.1) is 0 Å². The summed E-state index contributed by atoms with van der Waals surface area (Å²) < 4.78 is 11.4. The van der Waals surface area contributed by atoms with Gasteiger partial charge in [0.1, 0.15) is 17.6 Å². The number of hydrogen-bond acceptors (Lipinski definition) is 6. The van der Waals surface area contributed by atoms with Crippen molar-refractivity contribution in [2.45, 2.75) is 32.0 Å². The number of methoxy groups -OCH3 is 1. The number of benzene rings is 3. The summed E-state index contributed by atoms with van der Waals surface area (Å²) >= 11 is 3.33. The molecule has 1 saturated heterocycles. The highest BCUT2D eigenvalue weighted by Crippen LogP contribution is 2.45. The maximum Gasteiger partial charge on any atom is 0.295 e. The smallest absolute Gasteiger partial charge is 0.295 e. The van der Waals surface area contributed by atoms with Crippen molar-refractivity contribution in [1.29, 1.82) is 0 Å². The van der Waals surface area contributed by atoms with Crippen LogP contribution in [0.3, 0.4) is 0 Å². The van der Waals surface area contributed by atoms with Gasteiger partial charge < -0.3 is 24.6 Å². The molecular formula is C28H24BrNO6. The van der Waals surface area contributed by atoms with Crippen LogP contribution in [0.2, 0.25) is 0 Å². The number of Topliss-reactive ketones (excluding diaryl/α,β-unsaturated/α-hetero) is 1. The van der Waals surface area contributed by atoms with Crippen molar-refractivity contribution in [3.8, 4) is 17.2 Å². The van der Waals surface area contributed by atoms with Crippen LogP contribution in [0.4, 0.5) is 0 Å². The molecule has 2 unspecified atom stereocenters. The van der Waals surface area contributed by atoms with E-state index in [1.165, 1.54) is 12.0 Å². The third kappa shape index (κ3) is 4.11. The molecule has 5 rings (SSSR count). The summed E-state index contributed by atoms with van der Waals surface area (Å²) in [5, 5.41) is 21.8. The van der Waals surface area contributed by atoms with Crippen molar-refractivity contribution in [1.82, 2.24) is 4.90 Å². The Bertz CT molecular complexity index is 1400. The summed E-state index contributed by atoms with van der Waals surface area (Å²) in [5.74, 6) is -0.942. The predicted molar refractivity (Wildman–Crippen MR) is 137 cm³/mol. The highest BCUT2D eigenvalue weighted by molar-refractivity contribution is 9.10. The first-order chi connectivity index (χ1) is 17.3. The van der Waals surface area contributed by atoms with Gasteiger partial charge in [0.05, 0.1) is 23.2 Å². The first-order valence-electron chi connectivity index (χ1n) is 11.5. The fourth-order valence-corrected chi connectivity index (χ4v) is 5.26. The van der Waals surface area contributed by atoms with E-state index in [-0.39, 0.29) is 35.5 Å². The molecule has 0 aliphatic carbocycles. The molecule has 3 aromatic carbocycles. The molecule has 0 radical (unpaired) electrons. The van der Waals surface area contributed by atoms with Gasteiger partial charge in [0, 0.05) is 18.5 Å². The number of amides is 1. The molecule has 2 aliphatic rings. The normalized spacial score (nSPS) is 20.4. The lowest BCUT2D eigenvalue weighted by Gasteiger charge is -2.26. The second-order valence-electron chi connectivity index (χ2n) is 8.92. The Balaban J connectivity index is 1.68. The molecular weight excluding hydrogens is 526 g/mol. The molecule has 0 saturated carbocycles. The van der Waals surface area contributed by atoms with Crippen LogP contribution in [-0.2, 0) is 22.6 Å². The number of ether oxygens (including phenoxy) is 2. The molecule has 2 atom stereocenters. The Morgan fingerprint density at radius 3 is 2.61 bits per heavy atom. The Morgan fingerprint density at radius 2 is 1.89 bits per heavy atom. The summed E-state index contributed by atoms with van der Waals surface area (Å²) in [7, 11) is 1.42. The number of phenols is 1. The number of carbonyl (C=O) groups is 2. The van der Waals surface area contributed by atoms with E-state index in [0.717, 1.165) is 16.9 Å². The van der Waals surface area contributed by atoms with Crippen LogP contribution in [-0.4, -0.2) is 40.0 Å². The molecule has 184 valence electrons. The monoisotopic (exact) mass is 549 g/mol. The maximum absolute atomic E-state index is 13.4. The van der Waals surface area contributed by atoms with E-state index in [0.29, 0.717) is 22.0 Å². The van der Waals surface area contributed by atoms with Crippen LogP contribution in [0.15, 0.2) is 70.7 Å². The minimum absolute atomic E-state index is 0.0238. The Morgan fingerprint density at radius 1 is 1.14 bits per heavy atom. The van der Waals surface area contributed by atoms with Crippen molar-refractivity contribution in [2.75, 3.05) is 7.11 Å². The lowest BCUT2D eigenvalue weighted by atomic mass is 9.94. The molecule has 2 aliphatic heterocycles. The van der Waals surface area contributed by atoms with Gasteiger partial charge in [0.15, 0.2) is 11.5 Å². The van der Waals surface area contributed by atoms with Gasteiger partial charge in [-0.15, -0.1) is 0 Å². The zero-order valence-corrected chi connectivity index (χ0v) is 21.3. The number of aliphatic hydroxyl groups is 1. The maximum atomic E-state index is 13.4. The SMILES string of the molecule is COc1cc(C2/C(=C(\O)c3ccc4c(c3)CC(C)O4)C(=O)C(=O)N2Cc2ccccc2)cc(Br)c1O. The zero-order chi connectivity index (χ0) is 25.6. The number of carbonyl (C=O) groups excluding carboxylic acids is 2. The number of halogens is 1. The van der Waals surface area contributed by atoms with E-state index < -0.39 is 17.7 Å². The summed E-state index contributed by atoms with van der Waals surface area (Å²) in [6.45, 7) is 2.12. The van der Waals surface area contributed by atoms with Gasteiger partial charge in [-0.2, -0.15) is 0 Å². The minimum atomic E-state index is -0.903. The van der Waals surface area contributed by atoms with E-state index in [2.05, 4.69) is 15.9 Å². The third-order valence-corrected chi connectivity index (χ3v) is 7.10. The molecule has 1 amide bonds. The number of hydrogen-bond donors (Lipinski definition) is 2. The Hall–Kier alpha value is -3.78. The summed E-state index contributed by atoms with van der Waals surface area (Å²) in [6, 6.07) is 16.8. The van der Waals surface area contributed by atoms with Gasteiger partial charge in [-0.25, -0.2) is 0 Å². The van der Waals surface area contributed by atoms with Crippen molar-refractivity contribution in [2.24, 2.45) is 0 Å². The first kappa shape index (κ1) is 23.9. The third-order valence-electron chi connectivity index (χ3n) is 6.49. The number of likely N-dealkylation sites (tertiary alicyclic amines) is 1. The highest BCUT2D eigenvalue weighted by Gasteiger charge is 2.46. The van der Waals surface area contributed by atoms with E-state index >= 15 is 0 Å². The molecule has 0 bridgehead atoms. The van der Waals surface area contributed by atoms with Crippen LogP contribution in [0.5, 0.6) is 17.2 Å². The minimum Gasteiger partial charge on any atom is -0.507 e. The standard InChI is InChI=1S/C28H24BrNO6/c1-15-10-18-11-17(8-9-21(18)36-15)25(31)23-24(19-12-20(29)26(32)22(13-19)35-2)30(28(34)27(23)33)14-16-6-4-3-5-7-16/h3-9,11-13,15,24,31-32H,10,14H2,1-2H3/b25-23+. The molecule has 8 heteroatoms. The number of ketones is 1. The number of phenolic OH excluding ortho intramolecular Hbond substituents is 1. The molecule has 7 nitrogen and oxygen atoms in total. The molecule has 3 aromatic rings. The fourth-order valence-electron chi connectivity index (χ4n) is 4.80. The molecule has 2 heterocycles. The predicted octanol–water partition coefficient (Wildman–Crippen LogP) is 5.11. The van der Waals surface area contributed by atoms with Gasteiger partial charge in [0.2, 0.25) is 0 Å². The van der Waals surface area contributed by atoms with Crippen molar-refractivity contribution in [3.63, 3.8) is 0 Å². The van der Waals surface area contributed by atoms with Crippen molar-refractivity contribution in [3.05, 3.63) is 93.0 Å². The number of rotatable bonds is 5. The lowest BCUT2D eigenvalue weighted by molar-refractivity contribution is -0.140. The van der Waals surface area contributed by atoms with Crippen LogP contribution in [0.1, 0.15) is 35.2 Å². The molecule has 36 heavy (non-hydrogen) atoms. The number of nitrogens with zero attached hydrogens (tertiary/aromatic N) is 1. The average molecular weight is 550 g/mol. The van der Waals surface area contributed by atoms with Crippen molar-refractivity contribution >= 4 is 33.4 Å². The number of fused-ring (bicyclic) bond motifs is 1. The highest BCUT2D eigenvalue weighted by atomic mass is 79.9. The summed E-state index contributed by atoms with van der Waals surface area (Å²) in [4.78, 5) is 28.1. The topological polar surface area (TPSA) is 96.3 Å². The van der Waals surface area contributed by atoms with E-state index in [1.807, 2.05) is 37.3 Å². The van der Waals surface area contributed by atoms with Gasteiger partial charge >= 0.3 is 0 Å². The van der Waals surface area contributed by atoms with E-state index in [9.17, 15) is 19.8 Å². The van der Waals surface area contributed by atoms with Gasteiger partial charge in [-0.3, -0.25) is 9.59 Å². The molecule has 2 N–H and O–H groups in total. The number of aliphatic hydroxyl groups excluding tert-OH is 1. The Labute approximate surface area is 216 Å². The van der Waals surface area contributed by atoms with Crippen LogP contribution >= 0.6 is 15.9 Å². The molecule has 0 spiro atoms. The summed E-state index contributed by atoms with van der Waals surface area (Å²) in [5.41, 5.74) is 2.67. The van der Waals surface area contributed by atoms with Gasteiger partial charge in [-0.1, -0.05) is 30.3 Å². The van der Waals surface area contributed by atoms with Gasteiger partial charge in [-0.05, 0) is 69.9 Å². The van der Waals surface area contributed by atoms with Crippen LogP contribution < -0.4 is 9.47 Å². The molecule has 0 aromatic heterocycles. The molecule has 1 fully saturated rings. The second-order valence-corrected chi connectivity index (χ2v) is 9.78. The van der Waals surface area contributed by atoms with Gasteiger partial charge in [0.25, 0.3) is 11.7 Å². The Kier molecular flexibility index (Phi) is 6.22. The second kappa shape index (κ2) is 9.35. The quantitative estimate of drug-likeness (QED) is 0.261. The number of aromatic hydroxyl groups is 1. The van der Waals surface area contributed by atoms with E-state index in [1.54, 1.807) is 30.3 Å². The zero-order valence-electron chi connectivity index (χ0n) is 19.7.